The van der Waals surface area contributed by atoms with Gasteiger partial charge in [-0.2, -0.15) is 0 Å². The minimum Gasteiger partial charge on any atom is -0.494 e. The molecule has 2 N–H and O–H groups in total. The number of carbonyl (C=O) groups excluding carboxylic acids is 1. The average Bonchev–Trinajstić information content (AvgIpc) is 3.18. The third-order valence-corrected chi connectivity index (χ3v) is 4.38. The summed E-state index contributed by atoms with van der Waals surface area (Å²) in [5, 5.41) is 15.5. The number of fused-ring (bicyclic) bond motifs is 2. The van der Waals surface area contributed by atoms with Gasteiger partial charge in [-0.3, -0.25) is 4.79 Å². The van der Waals surface area contributed by atoms with Crippen LogP contribution in [-0.4, -0.2) is 53.0 Å². The van der Waals surface area contributed by atoms with Gasteiger partial charge >= 0.3 is 0 Å². The number of benzene rings is 2. The molecule has 0 bridgehead atoms. The number of hydrogen-bond acceptors (Lipinski definition) is 5. The van der Waals surface area contributed by atoms with Crippen LogP contribution in [0.1, 0.15) is 11.1 Å². The SMILES string of the molecule is CN(C)C(=O)CO/N=C1/C(c2c(O)[nH]c3ccccc23)=Nc2ccccc21. The topological polar surface area (TPSA) is 90.3 Å². The van der Waals surface area contributed by atoms with Crippen LogP contribution in [-0.2, 0) is 9.63 Å². The Balaban J connectivity index is 1.79. The molecule has 2 aromatic carbocycles. The first kappa shape index (κ1) is 16.8. The van der Waals surface area contributed by atoms with Crippen LogP contribution in [0.15, 0.2) is 58.7 Å². The first-order valence-electron chi connectivity index (χ1n) is 8.45. The Morgan fingerprint density at radius 2 is 1.93 bits per heavy atom. The van der Waals surface area contributed by atoms with Gasteiger partial charge in [0.1, 0.15) is 11.4 Å². The normalized spacial score (nSPS) is 14.3. The van der Waals surface area contributed by atoms with Crippen molar-refractivity contribution in [2.75, 3.05) is 20.7 Å². The lowest BCUT2D eigenvalue weighted by Crippen LogP contribution is -2.26. The van der Waals surface area contributed by atoms with E-state index in [1.807, 2.05) is 48.5 Å². The van der Waals surface area contributed by atoms with Crippen LogP contribution in [0.2, 0.25) is 0 Å². The molecule has 3 aromatic rings. The second-order valence-corrected chi connectivity index (χ2v) is 6.37. The van der Waals surface area contributed by atoms with E-state index < -0.39 is 0 Å². The average molecular weight is 362 g/mol. The van der Waals surface area contributed by atoms with Crippen molar-refractivity contribution in [3.63, 3.8) is 0 Å². The zero-order chi connectivity index (χ0) is 19.0. The molecule has 0 atom stereocenters. The van der Waals surface area contributed by atoms with E-state index in [1.165, 1.54) is 4.90 Å². The van der Waals surface area contributed by atoms with Crippen molar-refractivity contribution in [2.45, 2.75) is 0 Å². The van der Waals surface area contributed by atoms with Gasteiger partial charge in [-0.1, -0.05) is 41.6 Å². The first-order chi connectivity index (χ1) is 13.1. The highest BCUT2D eigenvalue weighted by atomic mass is 16.6. The molecule has 7 nitrogen and oxygen atoms in total. The second kappa shape index (κ2) is 6.60. The van der Waals surface area contributed by atoms with Gasteiger partial charge < -0.3 is 19.8 Å². The van der Waals surface area contributed by atoms with Gasteiger partial charge in [-0.05, 0) is 12.1 Å². The molecule has 0 saturated carbocycles. The number of aliphatic imine (C=N–C) groups is 1. The van der Waals surface area contributed by atoms with E-state index in [0.717, 1.165) is 22.2 Å². The number of amides is 1. The Hall–Kier alpha value is -3.61. The van der Waals surface area contributed by atoms with Crippen molar-refractivity contribution >= 4 is 33.9 Å². The summed E-state index contributed by atoms with van der Waals surface area (Å²) in [6, 6.07) is 15.1. The molecule has 0 fully saturated rings. The molecule has 1 aliphatic heterocycles. The van der Waals surface area contributed by atoms with Crippen molar-refractivity contribution in [1.29, 1.82) is 0 Å². The van der Waals surface area contributed by atoms with E-state index in [2.05, 4.69) is 15.1 Å². The zero-order valence-corrected chi connectivity index (χ0v) is 14.9. The Bertz CT molecular complexity index is 1100. The molecule has 136 valence electrons. The highest BCUT2D eigenvalue weighted by Crippen LogP contribution is 2.35. The number of likely N-dealkylation sites (N-methyl/N-ethyl adjacent to an activating group) is 1. The van der Waals surface area contributed by atoms with Gasteiger partial charge in [0.25, 0.3) is 5.91 Å². The number of aromatic amines is 1. The maximum absolute atomic E-state index is 11.8. The molecule has 0 radical (unpaired) electrons. The largest absolute Gasteiger partial charge is 0.494 e. The molecule has 7 heteroatoms. The Labute approximate surface area is 155 Å². The lowest BCUT2D eigenvalue weighted by Gasteiger charge is -2.09. The molecule has 1 amide bonds. The van der Waals surface area contributed by atoms with Gasteiger partial charge in [-0.25, -0.2) is 4.99 Å². The summed E-state index contributed by atoms with van der Waals surface area (Å²) in [5.41, 5.74) is 3.86. The van der Waals surface area contributed by atoms with E-state index in [4.69, 9.17) is 4.84 Å². The predicted octanol–water partition coefficient (Wildman–Crippen LogP) is 2.82. The highest BCUT2D eigenvalue weighted by molar-refractivity contribution is 6.58. The van der Waals surface area contributed by atoms with Crippen LogP contribution in [0, 0.1) is 0 Å². The van der Waals surface area contributed by atoms with E-state index in [0.29, 0.717) is 17.0 Å². The smallest absolute Gasteiger partial charge is 0.262 e. The fraction of sp³-hybridized carbons (Fsp3) is 0.150. The Morgan fingerprint density at radius 1 is 1.19 bits per heavy atom. The molecule has 0 spiro atoms. The summed E-state index contributed by atoms with van der Waals surface area (Å²) >= 11 is 0. The highest BCUT2D eigenvalue weighted by Gasteiger charge is 2.29. The molecule has 2 heterocycles. The second-order valence-electron chi connectivity index (χ2n) is 6.37. The van der Waals surface area contributed by atoms with Crippen molar-refractivity contribution < 1.29 is 14.7 Å². The van der Waals surface area contributed by atoms with Gasteiger partial charge in [0.2, 0.25) is 0 Å². The third kappa shape index (κ3) is 2.93. The van der Waals surface area contributed by atoms with E-state index in [9.17, 15) is 9.90 Å². The third-order valence-electron chi connectivity index (χ3n) is 4.38. The van der Waals surface area contributed by atoms with Crippen LogP contribution >= 0.6 is 0 Å². The molecular formula is C20H18N4O3. The number of nitrogens with one attached hydrogen (secondary N) is 1. The summed E-state index contributed by atoms with van der Waals surface area (Å²) in [6.07, 6.45) is 0. The maximum Gasteiger partial charge on any atom is 0.262 e. The van der Waals surface area contributed by atoms with Gasteiger partial charge in [0.15, 0.2) is 12.5 Å². The minimum atomic E-state index is -0.195. The molecular weight excluding hydrogens is 344 g/mol. The maximum atomic E-state index is 11.8. The molecule has 1 aromatic heterocycles. The number of para-hydroxylation sites is 2. The zero-order valence-electron chi connectivity index (χ0n) is 14.9. The Kier molecular flexibility index (Phi) is 4.12. The van der Waals surface area contributed by atoms with Crippen molar-refractivity contribution in [3.8, 4) is 5.88 Å². The number of carbonyl (C=O) groups is 1. The van der Waals surface area contributed by atoms with Crippen LogP contribution < -0.4 is 0 Å². The quantitative estimate of drug-likeness (QED) is 0.699. The van der Waals surface area contributed by atoms with E-state index in [-0.39, 0.29) is 18.4 Å². The summed E-state index contributed by atoms with van der Waals surface area (Å²) < 4.78 is 0. The number of aromatic hydroxyl groups is 1. The monoisotopic (exact) mass is 362 g/mol. The lowest BCUT2D eigenvalue weighted by atomic mass is 10.0. The number of nitrogens with zero attached hydrogens (tertiary/aromatic N) is 3. The van der Waals surface area contributed by atoms with Crippen LogP contribution in [0.4, 0.5) is 5.69 Å². The molecule has 0 saturated heterocycles. The molecule has 0 unspecified atom stereocenters. The standard InChI is InChI=1S/C20H18N4O3/c1-24(2)16(25)11-27-23-18-13-8-4-6-10-15(13)21-19(18)17-12-7-3-5-9-14(12)22-20(17)26/h3-10,22,26H,11H2,1-2H3/b23-18+. The summed E-state index contributed by atoms with van der Waals surface area (Å²) in [5.74, 6) is -0.182. The number of aromatic nitrogens is 1. The van der Waals surface area contributed by atoms with Crippen molar-refractivity contribution in [2.24, 2.45) is 10.1 Å². The van der Waals surface area contributed by atoms with Crippen LogP contribution in [0.3, 0.4) is 0 Å². The molecule has 1 aliphatic rings. The first-order valence-corrected chi connectivity index (χ1v) is 8.45. The van der Waals surface area contributed by atoms with Crippen molar-refractivity contribution in [1.82, 2.24) is 9.88 Å². The minimum absolute atomic E-state index is 0.0137. The van der Waals surface area contributed by atoms with Gasteiger partial charge in [-0.15, -0.1) is 0 Å². The number of hydrogen-bond donors (Lipinski definition) is 2. The molecule has 27 heavy (non-hydrogen) atoms. The molecule has 4 rings (SSSR count). The van der Waals surface area contributed by atoms with Crippen LogP contribution in [0.25, 0.3) is 10.9 Å². The van der Waals surface area contributed by atoms with Gasteiger partial charge in [0.05, 0.1) is 11.3 Å². The molecule has 0 aliphatic carbocycles. The van der Waals surface area contributed by atoms with E-state index >= 15 is 0 Å². The summed E-state index contributed by atoms with van der Waals surface area (Å²) in [7, 11) is 3.31. The summed E-state index contributed by atoms with van der Waals surface area (Å²) in [6.45, 7) is -0.175. The van der Waals surface area contributed by atoms with Crippen molar-refractivity contribution in [3.05, 3.63) is 59.7 Å². The summed E-state index contributed by atoms with van der Waals surface area (Å²) in [4.78, 5) is 26.1. The lowest BCUT2D eigenvalue weighted by molar-refractivity contribution is -0.133. The fourth-order valence-corrected chi connectivity index (χ4v) is 2.99. The Morgan fingerprint density at radius 3 is 2.74 bits per heavy atom. The van der Waals surface area contributed by atoms with Crippen LogP contribution in [0.5, 0.6) is 5.88 Å². The fourth-order valence-electron chi connectivity index (χ4n) is 2.99. The predicted molar refractivity (Wildman–Crippen MR) is 104 cm³/mol. The van der Waals surface area contributed by atoms with E-state index in [1.54, 1.807) is 14.1 Å². The van der Waals surface area contributed by atoms with Gasteiger partial charge in [0, 0.05) is 30.6 Å². The number of rotatable bonds is 4. The number of H-pyrrole nitrogens is 1. The number of oxime groups is 1.